The lowest BCUT2D eigenvalue weighted by atomic mass is 10.1. The van der Waals surface area contributed by atoms with Gasteiger partial charge in [-0.15, -0.1) is 0 Å². The fourth-order valence-electron chi connectivity index (χ4n) is 2.59. The predicted molar refractivity (Wildman–Crippen MR) is 110 cm³/mol. The first-order chi connectivity index (χ1) is 12.7. The average molecular weight is 454 g/mol. The fraction of sp³-hybridized carbons (Fsp3) is 0.350. The Morgan fingerprint density at radius 3 is 2.48 bits per heavy atom. The predicted octanol–water partition coefficient (Wildman–Crippen LogP) is 4.48. The van der Waals surface area contributed by atoms with E-state index in [-0.39, 0.29) is 23.3 Å². The van der Waals surface area contributed by atoms with Crippen LogP contribution in [-0.4, -0.2) is 31.5 Å². The van der Waals surface area contributed by atoms with Crippen LogP contribution in [0.2, 0.25) is 0 Å². The Bertz CT molecular complexity index is 896. The molecule has 0 unspecified atom stereocenters. The summed E-state index contributed by atoms with van der Waals surface area (Å²) in [5, 5.41) is 0. The maximum Gasteiger partial charge on any atom is 0.308 e. The molecule has 0 fully saturated rings. The van der Waals surface area contributed by atoms with Crippen LogP contribution in [0.15, 0.2) is 53.0 Å². The smallest absolute Gasteiger partial charge is 0.308 e. The first-order valence-electron chi connectivity index (χ1n) is 8.76. The molecule has 0 aliphatic carbocycles. The van der Waals surface area contributed by atoms with Gasteiger partial charge in [-0.3, -0.25) is 4.79 Å². The van der Waals surface area contributed by atoms with Crippen LogP contribution in [0.1, 0.15) is 36.7 Å². The maximum atomic E-state index is 13.0. The molecule has 0 aliphatic rings. The highest BCUT2D eigenvalue weighted by Gasteiger charge is 2.20. The molecule has 0 radical (unpaired) electrons. The molecule has 27 heavy (non-hydrogen) atoms. The minimum atomic E-state index is -3.59. The van der Waals surface area contributed by atoms with E-state index in [4.69, 9.17) is 4.18 Å². The van der Waals surface area contributed by atoms with Crippen molar-refractivity contribution in [1.29, 1.82) is 0 Å². The Balaban J connectivity index is 2.26. The van der Waals surface area contributed by atoms with Gasteiger partial charge in [0.05, 0.1) is 11.3 Å². The van der Waals surface area contributed by atoms with E-state index >= 15 is 0 Å². The van der Waals surface area contributed by atoms with Gasteiger partial charge in [0.25, 0.3) is 5.91 Å². The Morgan fingerprint density at radius 2 is 1.85 bits per heavy atom. The number of halogens is 1. The normalized spacial score (nSPS) is 11.4. The number of benzene rings is 2. The van der Waals surface area contributed by atoms with Crippen LogP contribution in [0.4, 0.5) is 0 Å². The molecule has 0 saturated carbocycles. The van der Waals surface area contributed by atoms with Gasteiger partial charge in [0.2, 0.25) is 0 Å². The van der Waals surface area contributed by atoms with E-state index in [9.17, 15) is 13.2 Å². The van der Waals surface area contributed by atoms with Crippen molar-refractivity contribution in [3.8, 4) is 5.75 Å². The van der Waals surface area contributed by atoms with Crippen LogP contribution < -0.4 is 4.18 Å². The fourth-order valence-corrected chi connectivity index (χ4v) is 3.56. The van der Waals surface area contributed by atoms with E-state index in [2.05, 4.69) is 15.9 Å². The van der Waals surface area contributed by atoms with Crippen molar-refractivity contribution in [2.45, 2.75) is 27.3 Å². The molecule has 0 bridgehead atoms. The Hall–Kier alpha value is -1.86. The molecule has 0 aromatic heterocycles. The number of carbonyl (C=O) groups excluding carboxylic acids is 1. The molecule has 2 aromatic carbocycles. The second kappa shape index (κ2) is 9.37. The van der Waals surface area contributed by atoms with Crippen molar-refractivity contribution in [2.75, 3.05) is 12.3 Å². The SMILES string of the molecule is CCS(=O)(=O)Oc1cccc(CN(CC(C)C)C(=O)c2ccccc2Br)c1. The minimum absolute atomic E-state index is 0.0799. The summed E-state index contributed by atoms with van der Waals surface area (Å²) in [5.74, 6) is 0.365. The van der Waals surface area contributed by atoms with Gasteiger partial charge < -0.3 is 9.08 Å². The zero-order chi connectivity index (χ0) is 20.0. The molecule has 0 atom stereocenters. The Morgan fingerprint density at radius 1 is 1.15 bits per heavy atom. The zero-order valence-corrected chi connectivity index (χ0v) is 18.1. The Kier molecular flexibility index (Phi) is 7.44. The maximum absolute atomic E-state index is 13.0. The van der Waals surface area contributed by atoms with Crippen molar-refractivity contribution in [1.82, 2.24) is 4.90 Å². The number of carbonyl (C=O) groups is 1. The standard InChI is InChI=1S/C20H24BrNO4S/c1-4-27(24,25)26-17-9-7-8-16(12-17)14-22(13-15(2)3)20(23)18-10-5-6-11-19(18)21/h5-12,15H,4,13-14H2,1-3H3. The average Bonchev–Trinajstić information content (AvgIpc) is 2.60. The molecule has 0 aliphatic heterocycles. The van der Waals surface area contributed by atoms with Crippen molar-refractivity contribution < 1.29 is 17.4 Å². The summed E-state index contributed by atoms with van der Waals surface area (Å²) in [6.07, 6.45) is 0. The number of hydrogen-bond acceptors (Lipinski definition) is 4. The summed E-state index contributed by atoms with van der Waals surface area (Å²) >= 11 is 3.44. The quantitative estimate of drug-likeness (QED) is 0.552. The molecule has 0 spiro atoms. The third-order valence-corrected chi connectivity index (χ3v) is 5.67. The summed E-state index contributed by atoms with van der Waals surface area (Å²) in [5.41, 5.74) is 1.40. The molecule has 2 rings (SSSR count). The topological polar surface area (TPSA) is 63.7 Å². The second-order valence-corrected chi connectivity index (χ2v) is 9.35. The van der Waals surface area contributed by atoms with E-state index in [1.165, 1.54) is 6.92 Å². The number of nitrogens with zero attached hydrogens (tertiary/aromatic N) is 1. The first-order valence-corrected chi connectivity index (χ1v) is 11.1. The van der Waals surface area contributed by atoms with Gasteiger partial charge in [0.1, 0.15) is 5.75 Å². The summed E-state index contributed by atoms with van der Waals surface area (Å²) in [4.78, 5) is 14.8. The van der Waals surface area contributed by atoms with E-state index < -0.39 is 10.1 Å². The van der Waals surface area contributed by atoms with E-state index in [0.717, 1.165) is 10.0 Å². The molecule has 1 amide bonds. The first kappa shape index (κ1) is 21.4. The van der Waals surface area contributed by atoms with E-state index in [1.54, 1.807) is 29.2 Å². The van der Waals surface area contributed by atoms with Gasteiger partial charge in [-0.25, -0.2) is 0 Å². The molecule has 2 aromatic rings. The molecule has 146 valence electrons. The minimum Gasteiger partial charge on any atom is -0.382 e. The highest BCUT2D eigenvalue weighted by molar-refractivity contribution is 9.10. The number of hydrogen-bond donors (Lipinski definition) is 0. The number of rotatable bonds is 8. The summed E-state index contributed by atoms with van der Waals surface area (Å²) in [6.45, 7) is 6.57. The van der Waals surface area contributed by atoms with Crippen LogP contribution in [0.3, 0.4) is 0 Å². The molecule has 7 heteroatoms. The highest BCUT2D eigenvalue weighted by atomic mass is 79.9. The van der Waals surface area contributed by atoms with Crippen LogP contribution >= 0.6 is 15.9 Å². The van der Waals surface area contributed by atoms with Crippen LogP contribution in [-0.2, 0) is 16.7 Å². The van der Waals surface area contributed by atoms with Crippen LogP contribution in [0.25, 0.3) is 0 Å². The summed E-state index contributed by atoms with van der Waals surface area (Å²) < 4.78 is 29.2. The monoisotopic (exact) mass is 453 g/mol. The summed E-state index contributed by atoms with van der Waals surface area (Å²) in [7, 11) is -3.59. The highest BCUT2D eigenvalue weighted by Crippen LogP contribution is 2.22. The van der Waals surface area contributed by atoms with Crippen LogP contribution in [0.5, 0.6) is 5.75 Å². The van der Waals surface area contributed by atoms with E-state index in [1.807, 2.05) is 38.1 Å². The molecular weight excluding hydrogens is 430 g/mol. The molecule has 0 N–H and O–H groups in total. The lowest BCUT2D eigenvalue weighted by molar-refractivity contribution is 0.0721. The van der Waals surface area contributed by atoms with Gasteiger partial charge in [-0.2, -0.15) is 8.42 Å². The largest absolute Gasteiger partial charge is 0.382 e. The zero-order valence-electron chi connectivity index (χ0n) is 15.7. The second-order valence-electron chi connectivity index (χ2n) is 6.64. The third-order valence-electron chi connectivity index (χ3n) is 3.83. The molecule has 0 saturated heterocycles. The summed E-state index contributed by atoms with van der Waals surface area (Å²) in [6, 6.07) is 14.2. The van der Waals surface area contributed by atoms with Gasteiger partial charge in [0, 0.05) is 17.6 Å². The van der Waals surface area contributed by atoms with Crippen molar-refractivity contribution in [2.24, 2.45) is 5.92 Å². The third kappa shape index (κ3) is 6.36. The molecular formula is C20H24BrNO4S. The Labute approximate surface area is 169 Å². The molecule has 0 heterocycles. The lowest BCUT2D eigenvalue weighted by Crippen LogP contribution is -2.34. The van der Waals surface area contributed by atoms with Gasteiger partial charge in [-0.1, -0.05) is 38.1 Å². The van der Waals surface area contributed by atoms with E-state index in [0.29, 0.717) is 18.7 Å². The van der Waals surface area contributed by atoms with Gasteiger partial charge >= 0.3 is 10.1 Å². The van der Waals surface area contributed by atoms with Crippen molar-refractivity contribution in [3.63, 3.8) is 0 Å². The molecule has 5 nitrogen and oxygen atoms in total. The van der Waals surface area contributed by atoms with Crippen molar-refractivity contribution in [3.05, 3.63) is 64.1 Å². The lowest BCUT2D eigenvalue weighted by Gasteiger charge is -2.25. The van der Waals surface area contributed by atoms with Gasteiger partial charge in [-0.05, 0) is 58.6 Å². The number of amides is 1. The van der Waals surface area contributed by atoms with Gasteiger partial charge in [0.15, 0.2) is 0 Å². The van der Waals surface area contributed by atoms with Crippen LogP contribution in [0, 0.1) is 5.92 Å². The van der Waals surface area contributed by atoms with Crippen molar-refractivity contribution >= 4 is 32.0 Å².